The lowest BCUT2D eigenvalue weighted by Crippen LogP contribution is -2.49. The highest BCUT2D eigenvalue weighted by molar-refractivity contribution is 7.89. The quantitative estimate of drug-likeness (QED) is 0.586. The van der Waals surface area contributed by atoms with Crippen LogP contribution in [-0.2, 0) is 10.0 Å². The average Bonchev–Trinajstić information content (AvgIpc) is 2.68. The topological polar surface area (TPSA) is 120 Å². The van der Waals surface area contributed by atoms with E-state index in [2.05, 4.69) is 4.98 Å². The van der Waals surface area contributed by atoms with Gasteiger partial charge in [0.15, 0.2) is 0 Å². The third-order valence-electron chi connectivity index (χ3n) is 4.13. The fourth-order valence-corrected chi connectivity index (χ4v) is 4.40. The molecule has 3 rings (SSSR count). The first kappa shape index (κ1) is 17.8. The van der Waals surface area contributed by atoms with E-state index in [0.717, 1.165) is 0 Å². The first-order valence-corrected chi connectivity index (χ1v) is 9.23. The number of nitriles is 1. The van der Waals surface area contributed by atoms with E-state index in [1.54, 1.807) is 17.0 Å². The zero-order chi connectivity index (χ0) is 18.7. The Labute approximate surface area is 150 Å². The van der Waals surface area contributed by atoms with Gasteiger partial charge < -0.3 is 4.90 Å². The van der Waals surface area contributed by atoms with Crippen LogP contribution in [0, 0.1) is 21.4 Å². The first-order chi connectivity index (χ1) is 12.4. The number of nitrogens with zero attached hydrogens (tertiary/aromatic N) is 5. The lowest BCUT2D eigenvalue weighted by molar-refractivity contribution is -0.384. The number of piperazine rings is 1. The van der Waals surface area contributed by atoms with Crippen molar-refractivity contribution in [3.63, 3.8) is 0 Å². The van der Waals surface area contributed by atoms with Crippen LogP contribution in [0.25, 0.3) is 0 Å². The van der Waals surface area contributed by atoms with Crippen LogP contribution in [0.1, 0.15) is 5.56 Å². The summed E-state index contributed by atoms with van der Waals surface area (Å²) >= 11 is 0. The molecule has 1 saturated heterocycles. The Balaban J connectivity index is 1.81. The highest BCUT2D eigenvalue weighted by atomic mass is 32.2. The molecular formula is C16H15N5O4S. The van der Waals surface area contributed by atoms with Gasteiger partial charge in [-0.25, -0.2) is 13.4 Å². The molecule has 1 fully saturated rings. The van der Waals surface area contributed by atoms with Gasteiger partial charge in [0.05, 0.1) is 15.4 Å². The third-order valence-corrected chi connectivity index (χ3v) is 6.08. The van der Waals surface area contributed by atoms with Crippen molar-refractivity contribution in [3.8, 4) is 6.07 Å². The molecule has 0 unspecified atom stereocenters. The van der Waals surface area contributed by atoms with Gasteiger partial charge in [-0.05, 0) is 18.2 Å². The highest BCUT2D eigenvalue weighted by Crippen LogP contribution is 2.27. The van der Waals surface area contributed by atoms with E-state index in [4.69, 9.17) is 5.26 Å². The second-order valence-corrected chi connectivity index (χ2v) is 7.51. The van der Waals surface area contributed by atoms with Crippen LogP contribution in [0.4, 0.5) is 11.5 Å². The van der Waals surface area contributed by atoms with Crippen molar-refractivity contribution in [2.24, 2.45) is 0 Å². The SMILES string of the molecule is N#Cc1ccccc1S(=O)(=O)N1CCN(c2ncccc2[N+](=O)[O-])CC1. The molecule has 1 aromatic carbocycles. The third kappa shape index (κ3) is 3.22. The number of pyridine rings is 1. The number of benzene rings is 1. The summed E-state index contributed by atoms with van der Waals surface area (Å²) in [6.45, 7) is 0.837. The van der Waals surface area contributed by atoms with Crippen LogP contribution in [0.15, 0.2) is 47.5 Å². The highest BCUT2D eigenvalue weighted by Gasteiger charge is 2.32. The van der Waals surface area contributed by atoms with Gasteiger partial charge in [-0.3, -0.25) is 10.1 Å². The zero-order valence-electron chi connectivity index (χ0n) is 13.6. The van der Waals surface area contributed by atoms with Gasteiger partial charge in [0, 0.05) is 38.4 Å². The van der Waals surface area contributed by atoms with Gasteiger partial charge in [0.2, 0.25) is 15.8 Å². The predicted octanol–water partition coefficient (Wildman–Crippen LogP) is 1.37. The largest absolute Gasteiger partial charge is 0.348 e. The summed E-state index contributed by atoms with van der Waals surface area (Å²) in [6.07, 6.45) is 1.47. The average molecular weight is 373 g/mol. The lowest BCUT2D eigenvalue weighted by atomic mass is 10.2. The van der Waals surface area contributed by atoms with E-state index in [1.165, 1.54) is 34.8 Å². The van der Waals surface area contributed by atoms with Crippen molar-refractivity contribution in [3.05, 3.63) is 58.3 Å². The van der Waals surface area contributed by atoms with Crippen LogP contribution >= 0.6 is 0 Å². The zero-order valence-corrected chi connectivity index (χ0v) is 14.5. The Morgan fingerprint density at radius 2 is 1.81 bits per heavy atom. The van der Waals surface area contributed by atoms with Crippen LogP contribution in [0.3, 0.4) is 0 Å². The molecule has 0 aliphatic carbocycles. The number of nitro groups is 1. The number of anilines is 1. The maximum absolute atomic E-state index is 12.8. The van der Waals surface area contributed by atoms with E-state index in [-0.39, 0.29) is 48.1 Å². The van der Waals surface area contributed by atoms with Crippen molar-refractivity contribution in [1.29, 1.82) is 5.26 Å². The van der Waals surface area contributed by atoms with Gasteiger partial charge in [-0.1, -0.05) is 12.1 Å². The molecule has 0 bridgehead atoms. The molecule has 1 aliphatic heterocycles. The van der Waals surface area contributed by atoms with Gasteiger partial charge in [-0.15, -0.1) is 0 Å². The monoisotopic (exact) mass is 373 g/mol. The number of sulfonamides is 1. The minimum atomic E-state index is -3.81. The molecule has 1 aromatic heterocycles. The van der Waals surface area contributed by atoms with Crippen LogP contribution in [0.5, 0.6) is 0 Å². The van der Waals surface area contributed by atoms with E-state index in [0.29, 0.717) is 0 Å². The van der Waals surface area contributed by atoms with Gasteiger partial charge in [0.25, 0.3) is 0 Å². The Kier molecular flexibility index (Phi) is 4.83. The molecule has 10 heteroatoms. The molecule has 134 valence electrons. The first-order valence-electron chi connectivity index (χ1n) is 7.79. The molecule has 0 N–H and O–H groups in total. The summed E-state index contributed by atoms with van der Waals surface area (Å²) in [4.78, 5) is 16.4. The van der Waals surface area contributed by atoms with Crippen LogP contribution < -0.4 is 4.90 Å². The summed E-state index contributed by atoms with van der Waals surface area (Å²) in [7, 11) is -3.81. The minimum absolute atomic E-state index is 0.0280. The molecule has 2 heterocycles. The summed E-state index contributed by atoms with van der Waals surface area (Å²) in [5, 5.41) is 20.3. The summed E-state index contributed by atoms with van der Waals surface area (Å²) in [5.74, 6) is 0.229. The Morgan fingerprint density at radius 3 is 2.46 bits per heavy atom. The van der Waals surface area contributed by atoms with Crippen molar-refractivity contribution in [2.75, 3.05) is 31.1 Å². The van der Waals surface area contributed by atoms with Crippen molar-refractivity contribution >= 4 is 21.5 Å². The van der Waals surface area contributed by atoms with Gasteiger partial charge in [0.1, 0.15) is 6.07 Å². The Morgan fingerprint density at radius 1 is 1.12 bits per heavy atom. The molecule has 0 radical (unpaired) electrons. The lowest BCUT2D eigenvalue weighted by Gasteiger charge is -2.34. The van der Waals surface area contributed by atoms with Crippen molar-refractivity contribution in [2.45, 2.75) is 4.90 Å². The summed E-state index contributed by atoms with van der Waals surface area (Å²) in [5.41, 5.74) is -0.0195. The maximum atomic E-state index is 12.8. The summed E-state index contributed by atoms with van der Waals surface area (Å²) in [6, 6.07) is 10.8. The van der Waals surface area contributed by atoms with E-state index in [1.807, 2.05) is 6.07 Å². The number of rotatable bonds is 4. The molecule has 1 aliphatic rings. The van der Waals surface area contributed by atoms with Crippen LogP contribution in [0.2, 0.25) is 0 Å². The van der Waals surface area contributed by atoms with Crippen molar-refractivity contribution in [1.82, 2.24) is 9.29 Å². The van der Waals surface area contributed by atoms with E-state index in [9.17, 15) is 18.5 Å². The standard InChI is InChI=1S/C16H15N5O4S/c17-12-13-4-1-2-6-15(13)26(24,25)20-10-8-19(9-11-20)16-14(21(22)23)5-3-7-18-16/h1-7H,8-11H2. The second kappa shape index (κ2) is 7.07. The van der Waals surface area contributed by atoms with E-state index < -0.39 is 14.9 Å². The van der Waals surface area contributed by atoms with Crippen LogP contribution in [-0.4, -0.2) is 48.8 Å². The number of aromatic nitrogens is 1. The molecule has 26 heavy (non-hydrogen) atoms. The fourth-order valence-electron chi connectivity index (χ4n) is 2.84. The molecule has 0 spiro atoms. The molecule has 0 saturated carbocycles. The Hall–Kier alpha value is -3.03. The number of hydrogen-bond acceptors (Lipinski definition) is 7. The van der Waals surface area contributed by atoms with Crippen molar-refractivity contribution < 1.29 is 13.3 Å². The molecule has 0 amide bonds. The second-order valence-electron chi connectivity index (χ2n) is 5.60. The molecule has 0 atom stereocenters. The predicted molar refractivity (Wildman–Crippen MR) is 93.0 cm³/mol. The minimum Gasteiger partial charge on any atom is -0.348 e. The van der Waals surface area contributed by atoms with Gasteiger partial charge in [-0.2, -0.15) is 9.57 Å². The smallest absolute Gasteiger partial charge is 0.311 e. The summed E-state index contributed by atoms with van der Waals surface area (Å²) < 4.78 is 26.9. The molecular weight excluding hydrogens is 358 g/mol. The number of hydrogen-bond donors (Lipinski definition) is 0. The normalized spacial score (nSPS) is 15.4. The molecule has 2 aromatic rings. The molecule has 9 nitrogen and oxygen atoms in total. The fraction of sp³-hybridized carbons (Fsp3) is 0.250. The van der Waals surface area contributed by atoms with Gasteiger partial charge >= 0.3 is 5.69 Å². The Bertz CT molecular complexity index is 978. The maximum Gasteiger partial charge on any atom is 0.311 e. The van der Waals surface area contributed by atoms with E-state index >= 15 is 0 Å².